The van der Waals surface area contributed by atoms with Gasteiger partial charge in [0.05, 0.1) is 16.1 Å². The van der Waals surface area contributed by atoms with Crippen molar-refractivity contribution in [2.24, 2.45) is 0 Å². The predicted molar refractivity (Wildman–Crippen MR) is 141 cm³/mol. The van der Waals surface area contributed by atoms with Crippen LogP contribution in [-0.4, -0.2) is 38.7 Å². The second-order valence-electron chi connectivity index (χ2n) is 7.80. The number of hydrogen-bond donors (Lipinski definition) is 0. The van der Waals surface area contributed by atoms with Gasteiger partial charge in [0.2, 0.25) is 5.91 Å². The Bertz CT molecular complexity index is 1240. The summed E-state index contributed by atoms with van der Waals surface area (Å²) in [4.78, 5) is 30.1. The third-order valence-corrected chi connectivity index (χ3v) is 7.21. The first-order valence-corrected chi connectivity index (χ1v) is 12.4. The molecule has 0 N–H and O–H groups in total. The molecule has 7 heteroatoms. The molecule has 2 heterocycles. The van der Waals surface area contributed by atoms with Gasteiger partial charge >= 0.3 is 0 Å². The number of benzene rings is 2. The molecule has 1 aromatic heterocycles. The maximum absolute atomic E-state index is 13.2. The molecule has 2 amide bonds. The third kappa shape index (κ3) is 4.48. The van der Waals surface area contributed by atoms with E-state index in [9.17, 15) is 9.59 Å². The number of fused-ring (bicyclic) bond motifs is 1. The number of rotatable bonds is 7. The Morgan fingerprint density at radius 3 is 2.45 bits per heavy atom. The summed E-state index contributed by atoms with van der Waals surface area (Å²) < 4.78 is 2.55. The molecule has 170 valence electrons. The summed E-state index contributed by atoms with van der Waals surface area (Å²) >= 11 is 6.83. The Labute approximate surface area is 204 Å². The first kappa shape index (κ1) is 23.3. The molecule has 0 radical (unpaired) electrons. The molecule has 3 aromatic rings. The van der Waals surface area contributed by atoms with Crippen LogP contribution in [0.2, 0.25) is 0 Å². The number of thiocarbonyl (C=S) groups is 1. The highest BCUT2D eigenvalue weighted by atomic mass is 32.2. The van der Waals surface area contributed by atoms with E-state index in [1.54, 1.807) is 4.90 Å². The van der Waals surface area contributed by atoms with Gasteiger partial charge in [-0.3, -0.25) is 14.5 Å². The molecule has 0 aliphatic carbocycles. The lowest BCUT2D eigenvalue weighted by Gasteiger charge is -2.19. The quantitative estimate of drug-likeness (QED) is 0.334. The van der Waals surface area contributed by atoms with Crippen LogP contribution in [0.1, 0.15) is 31.9 Å². The second-order valence-corrected chi connectivity index (χ2v) is 9.47. The van der Waals surface area contributed by atoms with Crippen molar-refractivity contribution in [3.63, 3.8) is 0 Å². The highest BCUT2D eigenvalue weighted by Gasteiger charge is 2.33. The van der Waals surface area contributed by atoms with E-state index >= 15 is 0 Å². The number of aryl methyl sites for hydroxylation is 1. The van der Waals surface area contributed by atoms with Gasteiger partial charge in [0.25, 0.3) is 5.91 Å². The summed E-state index contributed by atoms with van der Waals surface area (Å²) in [7, 11) is 0. The van der Waals surface area contributed by atoms with Gasteiger partial charge in [-0.25, -0.2) is 0 Å². The van der Waals surface area contributed by atoms with Crippen LogP contribution in [0.15, 0.2) is 59.6 Å². The molecular weight excluding hydrogens is 450 g/mol. The number of carbonyl (C=O) groups excluding carboxylic acids is 2. The van der Waals surface area contributed by atoms with E-state index in [1.807, 2.05) is 72.0 Å². The van der Waals surface area contributed by atoms with E-state index in [4.69, 9.17) is 12.2 Å². The third-order valence-electron chi connectivity index (χ3n) is 5.91. The molecule has 0 bridgehead atoms. The molecule has 1 saturated heterocycles. The van der Waals surface area contributed by atoms with Crippen molar-refractivity contribution in [1.29, 1.82) is 0 Å². The zero-order chi connectivity index (χ0) is 23.5. The molecule has 33 heavy (non-hydrogen) atoms. The number of likely N-dealkylation sites (N-methyl/N-ethyl adjacent to an activating group) is 1. The second kappa shape index (κ2) is 9.93. The number of nitrogens with zero attached hydrogens (tertiary/aromatic N) is 3. The van der Waals surface area contributed by atoms with Crippen molar-refractivity contribution < 1.29 is 9.59 Å². The van der Waals surface area contributed by atoms with Gasteiger partial charge in [0.15, 0.2) is 4.32 Å². The highest BCUT2D eigenvalue weighted by molar-refractivity contribution is 8.27. The molecule has 1 aliphatic heterocycles. The minimum atomic E-state index is -0.122. The van der Waals surface area contributed by atoms with Gasteiger partial charge in [0.1, 0.15) is 6.54 Å². The van der Waals surface area contributed by atoms with E-state index in [-0.39, 0.29) is 18.4 Å². The average molecular weight is 478 g/mol. The standard InChI is InChI=1S/C26H27N3O2S2/c1-4-18-11-10-14-21-19(16-28(24(18)21)17-23(30)27(5-2)6-3)15-22-25(31)29(26(32)33-22)20-12-8-7-9-13-20/h7-16H,4-6,17H2,1-3H3/b22-15-. The average Bonchev–Trinajstić information content (AvgIpc) is 3.31. The van der Waals surface area contributed by atoms with Gasteiger partial charge in [-0.05, 0) is 44.0 Å². The molecule has 1 fully saturated rings. The van der Waals surface area contributed by atoms with Crippen molar-refractivity contribution in [1.82, 2.24) is 9.47 Å². The fraction of sp³-hybridized carbons (Fsp3) is 0.269. The van der Waals surface area contributed by atoms with Gasteiger partial charge in [0, 0.05) is 30.2 Å². The minimum Gasteiger partial charge on any atom is -0.342 e. The predicted octanol–water partition coefficient (Wildman–Crippen LogP) is 5.48. The molecule has 0 unspecified atom stereocenters. The van der Waals surface area contributed by atoms with Crippen molar-refractivity contribution >= 4 is 62.8 Å². The summed E-state index contributed by atoms with van der Waals surface area (Å²) in [5.74, 6) is -0.0345. The highest BCUT2D eigenvalue weighted by Crippen LogP contribution is 2.37. The van der Waals surface area contributed by atoms with Crippen LogP contribution in [-0.2, 0) is 22.6 Å². The van der Waals surface area contributed by atoms with Crippen LogP contribution < -0.4 is 4.90 Å². The Kier molecular flexibility index (Phi) is 7.00. The minimum absolute atomic E-state index is 0.0877. The number of carbonyl (C=O) groups is 2. The van der Waals surface area contributed by atoms with Crippen LogP contribution in [0, 0.1) is 0 Å². The lowest BCUT2D eigenvalue weighted by molar-refractivity contribution is -0.131. The first-order valence-electron chi connectivity index (χ1n) is 11.2. The molecule has 0 atom stereocenters. The lowest BCUT2D eigenvalue weighted by Crippen LogP contribution is -2.33. The van der Waals surface area contributed by atoms with Gasteiger partial charge in [-0.2, -0.15) is 0 Å². The van der Waals surface area contributed by atoms with E-state index in [0.29, 0.717) is 22.3 Å². The smallest absolute Gasteiger partial charge is 0.270 e. The maximum atomic E-state index is 13.2. The van der Waals surface area contributed by atoms with Crippen LogP contribution in [0.3, 0.4) is 0 Å². The summed E-state index contributed by atoms with van der Waals surface area (Å²) in [6, 6.07) is 15.6. The maximum Gasteiger partial charge on any atom is 0.270 e. The largest absolute Gasteiger partial charge is 0.342 e. The van der Waals surface area contributed by atoms with Crippen molar-refractivity contribution in [3.05, 3.63) is 70.8 Å². The SMILES string of the molecule is CCc1cccc2c(/C=C3\SC(=S)N(c4ccccc4)C3=O)cn(CC(=O)N(CC)CC)c12. The van der Waals surface area contributed by atoms with Gasteiger partial charge in [-0.1, -0.05) is 67.3 Å². The summed E-state index contributed by atoms with van der Waals surface area (Å²) in [6.07, 6.45) is 4.75. The zero-order valence-corrected chi connectivity index (χ0v) is 20.7. The molecule has 0 spiro atoms. The van der Waals surface area contributed by atoms with Crippen molar-refractivity contribution in [3.8, 4) is 0 Å². The Morgan fingerprint density at radius 1 is 1.06 bits per heavy atom. The van der Waals surface area contributed by atoms with E-state index in [1.165, 1.54) is 17.3 Å². The van der Waals surface area contributed by atoms with E-state index in [2.05, 4.69) is 19.1 Å². The zero-order valence-electron chi connectivity index (χ0n) is 19.1. The number of anilines is 1. The van der Waals surface area contributed by atoms with Crippen LogP contribution in [0.5, 0.6) is 0 Å². The fourth-order valence-corrected chi connectivity index (χ4v) is 5.51. The number of aromatic nitrogens is 1. The Balaban J connectivity index is 1.76. The van der Waals surface area contributed by atoms with Gasteiger partial charge in [-0.15, -0.1) is 0 Å². The van der Waals surface area contributed by atoms with Gasteiger partial charge < -0.3 is 9.47 Å². The monoisotopic (exact) mass is 477 g/mol. The Hall–Kier alpha value is -2.90. The summed E-state index contributed by atoms with van der Waals surface area (Å²) in [6.45, 7) is 7.74. The topological polar surface area (TPSA) is 45.6 Å². The fourth-order valence-electron chi connectivity index (χ4n) is 4.22. The molecular formula is C26H27N3O2S2. The first-order chi connectivity index (χ1) is 16.0. The summed E-state index contributed by atoms with van der Waals surface area (Å²) in [5, 5.41) is 1.03. The van der Waals surface area contributed by atoms with E-state index < -0.39 is 0 Å². The molecule has 4 rings (SSSR count). The van der Waals surface area contributed by atoms with Crippen LogP contribution in [0.4, 0.5) is 5.69 Å². The molecule has 2 aromatic carbocycles. The van der Waals surface area contributed by atoms with Crippen LogP contribution in [0.25, 0.3) is 17.0 Å². The molecule has 0 saturated carbocycles. The van der Waals surface area contributed by atoms with Crippen LogP contribution >= 0.6 is 24.0 Å². The number of amides is 2. The normalized spacial score (nSPS) is 15.1. The molecule has 5 nitrogen and oxygen atoms in total. The number of thioether (sulfide) groups is 1. The van der Waals surface area contributed by atoms with E-state index in [0.717, 1.165) is 28.6 Å². The number of para-hydroxylation sites is 2. The van der Waals surface area contributed by atoms with Crippen molar-refractivity contribution in [2.45, 2.75) is 33.7 Å². The number of hydrogen-bond acceptors (Lipinski definition) is 4. The Morgan fingerprint density at radius 2 is 1.79 bits per heavy atom. The lowest BCUT2D eigenvalue weighted by atomic mass is 10.1. The summed E-state index contributed by atoms with van der Waals surface area (Å²) in [5.41, 5.74) is 3.91. The molecule has 1 aliphatic rings. The van der Waals surface area contributed by atoms with Crippen molar-refractivity contribution in [2.75, 3.05) is 18.0 Å².